The molecule has 1 aliphatic heterocycles. The van der Waals surface area contributed by atoms with E-state index in [4.69, 9.17) is 5.11 Å². The van der Waals surface area contributed by atoms with E-state index in [1.807, 2.05) is 0 Å². The molecule has 1 fully saturated rings. The highest BCUT2D eigenvalue weighted by atomic mass is 32.1. The van der Waals surface area contributed by atoms with Crippen molar-refractivity contribution in [3.63, 3.8) is 0 Å². The van der Waals surface area contributed by atoms with Crippen molar-refractivity contribution in [3.05, 3.63) is 11.1 Å². The van der Waals surface area contributed by atoms with Gasteiger partial charge in [-0.25, -0.2) is 0 Å². The van der Waals surface area contributed by atoms with Gasteiger partial charge >= 0.3 is 5.97 Å². The number of aliphatic carboxylic acids is 1. The molecule has 7 heteroatoms. The Morgan fingerprint density at radius 3 is 3.06 bits per heavy atom. The van der Waals surface area contributed by atoms with Gasteiger partial charge in [-0.05, 0) is 30.3 Å². The summed E-state index contributed by atoms with van der Waals surface area (Å²) in [5.41, 5.74) is 0. The third kappa shape index (κ3) is 3.00. The molecule has 1 unspecified atom stereocenters. The lowest BCUT2D eigenvalue weighted by atomic mass is 10.0. The molecule has 1 saturated heterocycles. The molecule has 0 aromatic carbocycles. The zero-order valence-corrected chi connectivity index (χ0v) is 10.0. The van der Waals surface area contributed by atoms with E-state index >= 15 is 0 Å². The monoisotopic (exact) mass is 255 g/mol. The Hall–Kier alpha value is -1.50. The van der Waals surface area contributed by atoms with E-state index in [1.165, 1.54) is 6.20 Å². The SMILES string of the molecule is O=C(O)CCC1CCN(C(=O)c2cnns2)C1. The van der Waals surface area contributed by atoms with E-state index in [0.717, 1.165) is 18.0 Å². The predicted molar refractivity (Wildman–Crippen MR) is 60.8 cm³/mol. The Kier molecular flexibility index (Phi) is 3.68. The zero-order valence-electron chi connectivity index (χ0n) is 9.20. The van der Waals surface area contributed by atoms with Gasteiger partial charge in [-0.15, -0.1) is 5.10 Å². The van der Waals surface area contributed by atoms with Gasteiger partial charge in [-0.1, -0.05) is 4.49 Å². The van der Waals surface area contributed by atoms with E-state index in [2.05, 4.69) is 9.59 Å². The molecule has 92 valence electrons. The average molecular weight is 255 g/mol. The van der Waals surface area contributed by atoms with Gasteiger partial charge < -0.3 is 10.0 Å². The van der Waals surface area contributed by atoms with Crippen molar-refractivity contribution < 1.29 is 14.7 Å². The molecule has 1 atom stereocenters. The first-order valence-electron chi connectivity index (χ1n) is 5.45. The third-order valence-corrected chi connectivity index (χ3v) is 3.56. The molecule has 0 bridgehead atoms. The highest BCUT2D eigenvalue weighted by molar-refractivity contribution is 7.07. The molecule has 1 aromatic rings. The van der Waals surface area contributed by atoms with Gasteiger partial charge in [0.05, 0.1) is 6.20 Å². The normalized spacial score (nSPS) is 19.5. The summed E-state index contributed by atoms with van der Waals surface area (Å²) in [5, 5.41) is 12.2. The van der Waals surface area contributed by atoms with Crippen LogP contribution < -0.4 is 0 Å². The van der Waals surface area contributed by atoms with Crippen LogP contribution in [0.1, 0.15) is 28.9 Å². The number of carbonyl (C=O) groups is 2. The third-order valence-electron chi connectivity index (χ3n) is 2.91. The molecule has 0 aliphatic carbocycles. The Balaban J connectivity index is 1.85. The van der Waals surface area contributed by atoms with Crippen LogP contribution in [0.4, 0.5) is 0 Å². The van der Waals surface area contributed by atoms with Crippen molar-refractivity contribution in [3.8, 4) is 0 Å². The zero-order chi connectivity index (χ0) is 12.3. The molecule has 17 heavy (non-hydrogen) atoms. The molecule has 1 amide bonds. The minimum absolute atomic E-state index is 0.0437. The lowest BCUT2D eigenvalue weighted by Gasteiger charge is -2.14. The fourth-order valence-electron chi connectivity index (χ4n) is 2.00. The van der Waals surface area contributed by atoms with Gasteiger partial charge in [0.1, 0.15) is 4.88 Å². The number of hydrogen-bond donors (Lipinski definition) is 1. The lowest BCUT2D eigenvalue weighted by molar-refractivity contribution is -0.137. The Morgan fingerprint density at radius 2 is 2.41 bits per heavy atom. The van der Waals surface area contributed by atoms with E-state index in [1.54, 1.807) is 4.90 Å². The molecule has 2 rings (SSSR count). The van der Waals surface area contributed by atoms with Gasteiger partial charge in [-0.2, -0.15) is 0 Å². The van der Waals surface area contributed by atoms with Crippen LogP contribution in [-0.2, 0) is 4.79 Å². The summed E-state index contributed by atoms with van der Waals surface area (Å²) in [6.07, 6.45) is 3.16. The molecule has 1 aromatic heterocycles. The second-order valence-electron chi connectivity index (χ2n) is 4.12. The van der Waals surface area contributed by atoms with Gasteiger partial charge in [0.2, 0.25) is 0 Å². The van der Waals surface area contributed by atoms with Crippen LogP contribution in [-0.4, -0.2) is 44.6 Å². The second-order valence-corrected chi connectivity index (χ2v) is 4.91. The average Bonchev–Trinajstić information content (AvgIpc) is 2.97. The molecule has 0 saturated carbocycles. The molecule has 6 nitrogen and oxygen atoms in total. The smallest absolute Gasteiger partial charge is 0.303 e. The van der Waals surface area contributed by atoms with Crippen LogP contribution in [0, 0.1) is 5.92 Å². The van der Waals surface area contributed by atoms with E-state index in [9.17, 15) is 9.59 Å². The number of amides is 1. The van der Waals surface area contributed by atoms with Crippen molar-refractivity contribution in [2.45, 2.75) is 19.3 Å². The molecule has 1 N–H and O–H groups in total. The van der Waals surface area contributed by atoms with Crippen molar-refractivity contribution in [1.29, 1.82) is 0 Å². The lowest BCUT2D eigenvalue weighted by Crippen LogP contribution is -2.28. The van der Waals surface area contributed by atoms with Crippen LogP contribution in [0.25, 0.3) is 0 Å². The summed E-state index contributed by atoms with van der Waals surface area (Å²) >= 11 is 1.09. The first-order chi connectivity index (χ1) is 8.16. The number of carboxylic acid groups (broad SMARTS) is 1. The molecule has 0 spiro atoms. The van der Waals surface area contributed by atoms with E-state index in [0.29, 0.717) is 30.3 Å². The molecule has 1 aliphatic rings. The van der Waals surface area contributed by atoms with Gasteiger partial charge in [-0.3, -0.25) is 9.59 Å². The highest BCUT2D eigenvalue weighted by Crippen LogP contribution is 2.23. The van der Waals surface area contributed by atoms with Crippen molar-refractivity contribution >= 4 is 23.4 Å². The molecule has 0 radical (unpaired) electrons. The first-order valence-corrected chi connectivity index (χ1v) is 6.22. The number of hydrogen-bond acceptors (Lipinski definition) is 5. The Labute approximate surface area is 102 Å². The van der Waals surface area contributed by atoms with Gasteiger partial charge in [0.15, 0.2) is 0 Å². The van der Waals surface area contributed by atoms with Crippen LogP contribution in [0.3, 0.4) is 0 Å². The summed E-state index contributed by atoms with van der Waals surface area (Å²) in [6, 6.07) is 0. The second kappa shape index (κ2) is 5.22. The highest BCUT2D eigenvalue weighted by Gasteiger charge is 2.27. The van der Waals surface area contributed by atoms with Crippen molar-refractivity contribution in [1.82, 2.24) is 14.5 Å². The number of rotatable bonds is 4. The number of nitrogens with zero attached hydrogens (tertiary/aromatic N) is 3. The number of carbonyl (C=O) groups excluding carboxylic acids is 1. The van der Waals surface area contributed by atoms with Crippen molar-refractivity contribution in [2.75, 3.05) is 13.1 Å². The summed E-state index contributed by atoms with van der Waals surface area (Å²) in [4.78, 5) is 24.7. The minimum atomic E-state index is -0.776. The molecule has 2 heterocycles. The van der Waals surface area contributed by atoms with Gasteiger partial charge in [0.25, 0.3) is 5.91 Å². The van der Waals surface area contributed by atoms with Crippen LogP contribution >= 0.6 is 11.5 Å². The largest absolute Gasteiger partial charge is 0.481 e. The summed E-state index contributed by atoms with van der Waals surface area (Å²) in [5.74, 6) is -0.518. The van der Waals surface area contributed by atoms with E-state index in [-0.39, 0.29) is 12.3 Å². The topological polar surface area (TPSA) is 83.4 Å². The van der Waals surface area contributed by atoms with Crippen LogP contribution in [0.2, 0.25) is 0 Å². The fraction of sp³-hybridized carbons (Fsp3) is 0.600. The quantitative estimate of drug-likeness (QED) is 0.862. The van der Waals surface area contributed by atoms with Crippen LogP contribution in [0.5, 0.6) is 0 Å². The maximum Gasteiger partial charge on any atom is 0.303 e. The predicted octanol–water partition coefficient (Wildman–Crippen LogP) is 0.865. The summed E-state index contributed by atoms with van der Waals surface area (Å²) in [7, 11) is 0. The minimum Gasteiger partial charge on any atom is -0.481 e. The van der Waals surface area contributed by atoms with Crippen molar-refractivity contribution in [2.24, 2.45) is 5.92 Å². The molecular formula is C10H13N3O3S. The first kappa shape index (κ1) is 12.0. The van der Waals surface area contributed by atoms with Crippen LogP contribution in [0.15, 0.2) is 6.20 Å². The molecular weight excluding hydrogens is 242 g/mol. The number of likely N-dealkylation sites (tertiary alicyclic amines) is 1. The number of carboxylic acids is 1. The van der Waals surface area contributed by atoms with E-state index < -0.39 is 5.97 Å². The van der Waals surface area contributed by atoms with Gasteiger partial charge in [0, 0.05) is 19.5 Å². The number of aromatic nitrogens is 2. The fourth-order valence-corrected chi connectivity index (χ4v) is 2.48. The Bertz CT molecular complexity index is 407. The maximum absolute atomic E-state index is 11.9. The summed E-state index contributed by atoms with van der Waals surface area (Å²) in [6.45, 7) is 1.34. The summed E-state index contributed by atoms with van der Waals surface area (Å²) < 4.78 is 3.66. The standard InChI is InChI=1S/C10H13N3O3S/c14-9(15)2-1-7-3-4-13(6-7)10(16)8-5-11-12-17-8/h5,7H,1-4,6H2,(H,14,15). The maximum atomic E-state index is 11.9. The Morgan fingerprint density at radius 1 is 1.59 bits per heavy atom.